The Kier molecular flexibility index (Phi) is 5.07. The number of ether oxygens (including phenoxy) is 4. The molecule has 1 heterocycles. The molecule has 1 unspecified atom stereocenters. The number of hydrogen-bond donors (Lipinski definition) is 2. The Hall–Kier alpha value is -3.01. The molecule has 2 amide bonds. The summed E-state index contributed by atoms with van der Waals surface area (Å²) in [5.41, 5.74) is 0.0789. The van der Waals surface area contributed by atoms with E-state index in [1.807, 2.05) is 0 Å². The van der Waals surface area contributed by atoms with Crippen LogP contribution in [0.25, 0.3) is 0 Å². The van der Waals surface area contributed by atoms with Crippen molar-refractivity contribution >= 4 is 23.3 Å². The quantitative estimate of drug-likeness (QED) is 0.779. The van der Waals surface area contributed by atoms with Crippen molar-refractivity contribution in [2.24, 2.45) is 0 Å². The van der Waals surface area contributed by atoms with Gasteiger partial charge in [-0.25, -0.2) is 4.79 Å². The summed E-state index contributed by atoms with van der Waals surface area (Å²) in [5, 5.41) is 4.08. The highest BCUT2D eigenvalue weighted by molar-refractivity contribution is 6.30. The number of benzene rings is 2. The normalized spacial score (nSPS) is 17.8. The number of amides is 2. The van der Waals surface area contributed by atoms with E-state index in [0.717, 1.165) is 6.07 Å². The molecule has 11 heteroatoms. The Labute approximate surface area is 162 Å². The molecular weight excluding hydrogens is 405 g/mol. The van der Waals surface area contributed by atoms with E-state index in [9.17, 15) is 18.0 Å². The predicted octanol–water partition coefficient (Wildman–Crippen LogP) is 4.17. The molecule has 0 aliphatic carbocycles. The lowest BCUT2D eigenvalue weighted by atomic mass is 10.2. The second-order valence-corrected chi connectivity index (χ2v) is 5.99. The maximum atomic E-state index is 13.7. The number of carbonyl (C=O) groups is 1. The molecule has 3 rings (SSSR count). The molecule has 150 valence electrons. The zero-order valence-electron chi connectivity index (χ0n) is 14.5. The molecule has 0 radical (unpaired) electrons. The van der Waals surface area contributed by atoms with Crippen molar-refractivity contribution in [1.82, 2.24) is 5.32 Å². The van der Waals surface area contributed by atoms with E-state index in [1.54, 1.807) is 11.4 Å². The molecule has 2 aromatic rings. The molecule has 1 aliphatic rings. The maximum Gasteiger partial charge on any atom is 0.492 e. The summed E-state index contributed by atoms with van der Waals surface area (Å²) in [6, 6.07) is 6.85. The van der Waals surface area contributed by atoms with E-state index in [2.05, 4.69) is 5.32 Å². The van der Waals surface area contributed by atoms with E-state index in [1.165, 1.54) is 38.5 Å². The van der Waals surface area contributed by atoms with Crippen LogP contribution in [0.5, 0.6) is 23.0 Å². The van der Waals surface area contributed by atoms with Crippen molar-refractivity contribution in [2.45, 2.75) is 12.1 Å². The van der Waals surface area contributed by atoms with Gasteiger partial charge in [0.05, 0.1) is 19.9 Å². The van der Waals surface area contributed by atoms with Gasteiger partial charge in [-0.05, 0) is 24.3 Å². The number of hydrogen-bond acceptors (Lipinski definition) is 5. The first-order valence-corrected chi connectivity index (χ1v) is 8.11. The highest BCUT2D eigenvalue weighted by atomic mass is 35.5. The summed E-state index contributed by atoms with van der Waals surface area (Å²) in [6.07, 6.45) is -5.10. The fraction of sp³-hybridized carbons (Fsp3) is 0.235. The molecule has 1 aliphatic heterocycles. The molecule has 0 saturated carbocycles. The Morgan fingerprint density at radius 2 is 1.79 bits per heavy atom. The van der Waals surface area contributed by atoms with Gasteiger partial charge < -0.3 is 24.3 Å². The summed E-state index contributed by atoms with van der Waals surface area (Å²) in [6.45, 7) is 0. The predicted molar refractivity (Wildman–Crippen MR) is 93.2 cm³/mol. The largest absolute Gasteiger partial charge is 0.497 e. The van der Waals surface area contributed by atoms with Crippen LogP contribution in [0.15, 0.2) is 36.4 Å². The maximum absolute atomic E-state index is 13.7. The van der Waals surface area contributed by atoms with Crippen LogP contribution in [-0.4, -0.2) is 32.3 Å². The molecule has 28 heavy (non-hydrogen) atoms. The van der Waals surface area contributed by atoms with E-state index < -0.39 is 18.1 Å². The topological polar surface area (TPSA) is 78.1 Å². The Morgan fingerprint density at radius 1 is 1.07 bits per heavy atom. The Bertz CT molecular complexity index is 909. The van der Waals surface area contributed by atoms with Crippen LogP contribution >= 0.6 is 11.6 Å². The summed E-state index contributed by atoms with van der Waals surface area (Å²) < 4.78 is 60.9. The van der Waals surface area contributed by atoms with Crippen LogP contribution in [-0.2, 0) is 0 Å². The lowest BCUT2D eigenvalue weighted by molar-refractivity contribution is -0.317. The van der Waals surface area contributed by atoms with Crippen molar-refractivity contribution in [3.05, 3.63) is 41.4 Å². The van der Waals surface area contributed by atoms with Gasteiger partial charge in [-0.1, -0.05) is 11.6 Å². The number of nitrogens with one attached hydrogen (secondary N) is 2. The third-order valence-electron chi connectivity index (χ3n) is 3.72. The summed E-state index contributed by atoms with van der Waals surface area (Å²) in [4.78, 5) is 12.3. The van der Waals surface area contributed by atoms with Crippen molar-refractivity contribution in [2.75, 3.05) is 19.5 Å². The van der Waals surface area contributed by atoms with Gasteiger partial charge in [-0.3, -0.25) is 5.32 Å². The number of methoxy groups -OCH3 is 2. The third kappa shape index (κ3) is 3.68. The van der Waals surface area contributed by atoms with Crippen molar-refractivity contribution in [3.8, 4) is 23.0 Å². The fourth-order valence-corrected chi connectivity index (χ4v) is 2.59. The number of alkyl halides is 3. The average molecular weight is 419 g/mol. The van der Waals surface area contributed by atoms with Gasteiger partial charge in [-0.15, -0.1) is 0 Å². The molecule has 2 aromatic carbocycles. The minimum Gasteiger partial charge on any atom is -0.497 e. The minimum atomic E-state index is -5.10. The van der Waals surface area contributed by atoms with Crippen LogP contribution in [0, 0.1) is 0 Å². The molecule has 2 N–H and O–H groups in total. The van der Waals surface area contributed by atoms with Gasteiger partial charge in [0.1, 0.15) is 11.5 Å². The Morgan fingerprint density at radius 3 is 2.43 bits per heavy atom. The number of fused-ring (bicyclic) bond motifs is 1. The molecule has 0 saturated heterocycles. The second-order valence-electron chi connectivity index (χ2n) is 5.55. The average Bonchev–Trinajstić information content (AvgIpc) is 2.99. The first-order valence-electron chi connectivity index (χ1n) is 7.73. The van der Waals surface area contributed by atoms with E-state index in [4.69, 9.17) is 30.5 Å². The van der Waals surface area contributed by atoms with Crippen LogP contribution in [0.4, 0.5) is 23.7 Å². The standard InChI is InChI=1S/C17H14ClF3N2O5/c1-25-10-4-6-12(26-2)11(8-10)22-15(24)23-17(16(19,20)21)27-13-5-3-9(18)7-14(13)28-17/h3-8H,1-2H3,(H2,22,23,24). The summed E-state index contributed by atoms with van der Waals surface area (Å²) in [7, 11) is 2.73. The zero-order chi connectivity index (χ0) is 20.5. The van der Waals surface area contributed by atoms with Crippen molar-refractivity contribution in [1.29, 1.82) is 0 Å². The summed E-state index contributed by atoms with van der Waals surface area (Å²) in [5.74, 6) is -3.33. The Balaban J connectivity index is 1.85. The highest BCUT2D eigenvalue weighted by Gasteiger charge is 2.65. The van der Waals surface area contributed by atoms with Crippen molar-refractivity contribution < 1.29 is 36.9 Å². The molecule has 0 fully saturated rings. The smallest absolute Gasteiger partial charge is 0.492 e. The first kappa shape index (κ1) is 19.7. The lowest BCUT2D eigenvalue weighted by Crippen LogP contribution is -2.65. The second kappa shape index (κ2) is 7.19. The molecule has 0 aromatic heterocycles. The van der Waals surface area contributed by atoms with Gasteiger partial charge in [0, 0.05) is 17.2 Å². The molecular formula is C17H14ClF3N2O5. The minimum absolute atomic E-state index is 0.0789. The number of rotatable bonds is 4. The SMILES string of the molecule is COc1ccc(OC)c(NC(=O)NC2(C(F)(F)F)Oc3ccc(Cl)cc3O2)c1. The van der Waals surface area contributed by atoms with Crippen LogP contribution < -0.4 is 29.6 Å². The summed E-state index contributed by atoms with van der Waals surface area (Å²) >= 11 is 5.76. The van der Waals surface area contributed by atoms with Gasteiger partial charge >= 0.3 is 18.1 Å². The molecule has 1 atom stereocenters. The number of anilines is 1. The van der Waals surface area contributed by atoms with Crippen LogP contribution in [0.1, 0.15) is 0 Å². The molecule has 7 nitrogen and oxygen atoms in total. The van der Waals surface area contributed by atoms with Crippen molar-refractivity contribution in [3.63, 3.8) is 0 Å². The molecule has 0 spiro atoms. The van der Waals surface area contributed by atoms with E-state index >= 15 is 0 Å². The van der Waals surface area contributed by atoms with E-state index in [0.29, 0.717) is 5.75 Å². The van der Waals surface area contributed by atoms with Gasteiger partial charge in [-0.2, -0.15) is 13.2 Å². The van der Waals surface area contributed by atoms with Gasteiger partial charge in [0.25, 0.3) is 0 Å². The van der Waals surface area contributed by atoms with Gasteiger partial charge in [0.2, 0.25) is 0 Å². The highest BCUT2D eigenvalue weighted by Crippen LogP contribution is 2.46. The van der Waals surface area contributed by atoms with Gasteiger partial charge in [0.15, 0.2) is 11.5 Å². The first-order chi connectivity index (χ1) is 13.2. The zero-order valence-corrected chi connectivity index (χ0v) is 15.3. The lowest BCUT2D eigenvalue weighted by Gasteiger charge is -2.29. The number of halogens is 4. The monoisotopic (exact) mass is 418 g/mol. The number of urea groups is 1. The fourth-order valence-electron chi connectivity index (χ4n) is 2.43. The molecule has 0 bridgehead atoms. The number of carbonyl (C=O) groups excluding carboxylic acids is 1. The van der Waals surface area contributed by atoms with Crippen LogP contribution in [0.3, 0.4) is 0 Å². The van der Waals surface area contributed by atoms with Crippen LogP contribution in [0.2, 0.25) is 5.02 Å². The van der Waals surface area contributed by atoms with E-state index in [-0.39, 0.29) is 28.0 Å². The third-order valence-corrected chi connectivity index (χ3v) is 3.95.